The molecule has 1 atom stereocenters. The molecule has 1 aromatic heterocycles. The van der Waals surface area contributed by atoms with Crippen LogP contribution in [0.4, 0.5) is 0 Å². The number of H-pyrrole nitrogens is 2. The average molecular weight is 300 g/mol. The van der Waals surface area contributed by atoms with Crippen LogP contribution in [-0.4, -0.2) is 40.8 Å². The molecule has 21 heavy (non-hydrogen) atoms. The number of rotatable bonds is 8. The van der Waals surface area contributed by atoms with Crippen molar-refractivity contribution in [3.63, 3.8) is 0 Å². The molecule has 0 aliphatic carbocycles. The van der Waals surface area contributed by atoms with E-state index < -0.39 is 12.0 Å². The molecule has 0 saturated heterocycles. The lowest BCUT2D eigenvalue weighted by atomic mass is 10.1. The highest BCUT2D eigenvalue weighted by Crippen LogP contribution is 1.98. The van der Waals surface area contributed by atoms with Crippen molar-refractivity contribution in [2.75, 3.05) is 6.54 Å². The summed E-state index contributed by atoms with van der Waals surface area (Å²) in [5.41, 5.74) is 0.651. The number of hydrogen-bond acceptors (Lipinski definition) is 4. The predicted octanol–water partition coefficient (Wildman–Crippen LogP) is -3.30. The van der Waals surface area contributed by atoms with Crippen LogP contribution in [0.1, 0.15) is 25.5 Å². The van der Waals surface area contributed by atoms with Crippen molar-refractivity contribution in [3.8, 4) is 0 Å². The Hall–Kier alpha value is -2.42. The lowest BCUT2D eigenvalue weighted by Gasteiger charge is -2.18. The standard InChI is InChI=1S/C12H18N4O4.H2O/c1-8(17)14-4-2-3-11(18)16-10(12(19)20)5-9-6-13-7-15-9;/h6-7,10H,2-5H2,1H3,(H,13,15)(H,14,17)(H,16,18)(H,19,20);1H2/t10-;/m0./s1. The third-order valence-corrected chi connectivity index (χ3v) is 2.60. The molecule has 0 radical (unpaired) electrons. The Kier molecular flexibility index (Phi) is 8.39. The Bertz CT molecular complexity index is 460. The van der Waals surface area contributed by atoms with Crippen LogP contribution in [-0.2, 0) is 20.8 Å². The van der Waals surface area contributed by atoms with Crippen LogP contribution < -0.4 is 20.7 Å². The van der Waals surface area contributed by atoms with E-state index in [1.807, 2.05) is 0 Å². The Labute approximate surface area is 121 Å². The molecule has 118 valence electrons. The van der Waals surface area contributed by atoms with Crippen LogP contribution in [0.5, 0.6) is 0 Å². The first-order chi connectivity index (χ1) is 9.49. The zero-order chi connectivity index (χ0) is 15.0. The molecule has 0 aliphatic rings. The highest BCUT2D eigenvalue weighted by atomic mass is 16.4. The lowest BCUT2D eigenvalue weighted by molar-refractivity contribution is -0.376. The van der Waals surface area contributed by atoms with Gasteiger partial charge in [-0.15, -0.1) is 0 Å². The lowest BCUT2D eigenvalue weighted by Crippen LogP contribution is -2.49. The maximum atomic E-state index is 11.6. The molecule has 0 bridgehead atoms. The molecule has 0 saturated carbocycles. The van der Waals surface area contributed by atoms with E-state index in [9.17, 15) is 19.5 Å². The Morgan fingerprint density at radius 2 is 2.14 bits per heavy atom. The number of aromatic amines is 2. The minimum absolute atomic E-state index is 0. The van der Waals surface area contributed by atoms with E-state index in [-0.39, 0.29) is 30.1 Å². The van der Waals surface area contributed by atoms with E-state index in [0.29, 0.717) is 18.7 Å². The minimum Gasteiger partial charge on any atom is -0.548 e. The van der Waals surface area contributed by atoms with Gasteiger partial charge in [0.15, 0.2) is 0 Å². The molecule has 0 unspecified atom stereocenters. The van der Waals surface area contributed by atoms with Crippen molar-refractivity contribution in [2.24, 2.45) is 0 Å². The molecule has 9 heteroatoms. The Morgan fingerprint density at radius 3 is 2.67 bits per heavy atom. The maximum absolute atomic E-state index is 11.6. The number of hydrogen-bond donors (Lipinski definition) is 3. The molecule has 0 aromatic carbocycles. The van der Waals surface area contributed by atoms with Crippen molar-refractivity contribution < 1.29 is 30.0 Å². The number of nitrogens with one attached hydrogen (secondary N) is 4. The van der Waals surface area contributed by atoms with Gasteiger partial charge in [0.2, 0.25) is 18.1 Å². The average Bonchev–Trinajstić information content (AvgIpc) is 2.86. The van der Waals surface area contributed by atoms with Crippen molar-refractivity contribution in [1.29, 1.82) is 0 Å². The molecular formula is C12H20N4O5. The van der Waals surface area contributed by atoms with Gasteiger partial charge in [-0.3, -0.25) is 14.6 Å². The number of aromatic nitrogens is 2. The third kappa shape index (κ3) is 7.67. The summed E-state index contributed by atoms with van der Waals surface area (Å²) in [5.74, 6) is -1.89. The van der Waals surface area contributed by atoms with E-state index in [1.54, 1.807) is 12.5 Å². The van der Waals surface area contributed by atoms with E-state index in [1.165, 1.54) is 6.92 Å². The number of carbonyl (C=O) groups excluding carboxylic acids is 3. The first-order valence-electron chi connectivity index (χ1n) is 6.27. The number of carboxylic acid groups (broad SMARTS) is 1. The minimum atomic E-state index is -1.34. The summed E-state index contributed by atoms with van der Waals surface area (Å²) in [6.45, 7) is 1.77. The molecule has 9 nitrogen and oxygen atoms in total. The molecule has 0 aliphatic heterocycles. The molecule has 0 fully saturated rings. The monoisotopic (exact) mass is 300 g/mol. The Balaban J connectivity index is 0.00000400. The molecular weight excluding hydrogens is 280 g/mol. The van der Waals surface area contributed by atoms with Crippen LogP contribution in [0.2, 0.25) is 0 Å². The quantitative estimate of drug-likeness (QED) is 0.429. The molecule has 6 N–H and O–H groups in total. The smallest absolute Gasteiger partial charge is 0.239 e. The molecule has 1 aromatic rings. The highest BCUT2D eigenvalue weighted by molar-refractivity contribution is 5.82. The summed E-state index contributed by atoms with van der Waals surface area (Å²) in [7, 11) is 0. The third-order valence-electron chi connectivity index (χ3n) is 2.60. The van der Waals surface area contributed by atoms with Crippen LogP contribution >= 0.6 is 0 Å². The second-order valence-electron chi connectivity index (χ2n) is 4.35. The zero-order valence-electron chi connectivity index (χ0n) is 11.7. The van der Waals surface area contributed by atoms with Crippen molar-refractivity contribution in [1.82, 2.24) is 15.6 Å². The van der Waals surface area contributed by atoms with Gasteiger partial charge in [-0.2, -0.15) is 0 Å². The number of imidazole rings is 1. The summed E-state index contributed by atoms with van der Waals surface area (Å²) in [6.07, 6.45) is 3.86. The molecule has 1 rings (SSSR count). The van der Waals surface area contributed by atoms with Gasteiger partial charge in [-0.1, -0.05) is 0 Å². The van der Waals surface area contributed by atoms with Crippen LogP contribution in [0.25, 0.3) is 0 Å². The van der Waals surface area contributed by atoms with E-state index in [2.05, 4.69) is 20.6 Å². The largest absolute Gasteiger partial charge is 0.548 e. The second kappa shape index (κ2) is 9.48. The number of amides is 2. The zero-order valence-corrected chi connectivity index (χ0v) is 11.7. The van der Waals surface area contributed by atoms with Gasteiger partial charge in [0.1, 0.15) is 11.9 Å². The van der Waals surface area contributed by atoms with Crippen molar-refractivity contribution >= 4 is 17.8 Å². The van der Waals surface area contributed by atoms with Crippen LogP contribution in [0.3, 0.4) is 0 Å². The second-order valence-corrected chi connectivity index (χ2v) is 4.35. The predicted molar refractivity (Wildman–Crippen MR) is 69.5 cm³/mol. The fourth-order valence-electron chi connectivity index (χ4n) is 1.63. The first-order valence-corrected chi connectivity index (χ1v) is 6.27. The fourth-order valence-corrected chi connectivity index (χ4v) is 1.63. The summed E-state index contributed by atoms with van der Waals surface area (Å²) < 4.78 is 0. The molecule has 2 amide bonds. The van der Waals surface area contributed by atoms with Gasteiger partial charge in [0.05, 0.1) is 12.0 Å². The number of aliphatic carboxylic acids is 1. The highest BCUT2D eigenvalue weighted by Gasteiger charge is 2.16. The van der Waals surface area contributed by atoms with Crippen molar-refractivity contribution in [3.05, 3.63) is 18.2 Å². The SMILES string of the molecule is CC(=O)NCCCC(=O)N[C@@H](Cc1c[nH+]c[nH]1)C(=O)[O-].O. The van der Waals surface area contributed by atoms with Gasteiger partial charge >= 0.3 is 0 Å². The van der Waals surface area contributed by atoms with E-state index in [0.717, 1.165) is 0 Å². The number of carboxylic acids is 1. The van der Waals surface area contributed by atoms with Crippen LogP contribution in [0.15, 0.2) is 12.5 Å². The summed E-state index contributed by atoms with van der Waals surface area (Å²) in [4.78, 5) is 38.8. The van der Waals surface area contributed by atoms with E-state index in [4.69, 9.17) is 0 Å². The molecule has 1 heterocycles. The summed E-state index contributed by atoms with van der Waals surface area (Å²) in [5, 5.41) is 15.9. The van der Waals surface area contributed by atoms with Gasteiger partial charge in [-0.05, 0) is 6.42 Å². The van der Waals surface area contributed by atoms with Gasteiger partial charge in [-0.25, -0.2) is 4.98 Å². The Morgan fingerprint density at radius 1 is 1.43 bits per heavy atom. The molecule has 0 spiro atoms. The summed E-state index contributed by atoms with van der Waals surface area (Å²) >= 11 is 0. The maximum Gasteiger partial charge on any atom is 0.239 e. The van der Waals surface area contributed by atoms with Gasteiger partial charge < -0.3 is 26.0 Å². The van der Waals surface area contributed by atoms with E-state index >= 15 is 0 Å². The first kappa shape index (κ1) is 18.6. The van der Waals surface area contributed by atoms with Gasteiger partial charge in [0.25, 0.3) is 0 Å². The fraction of sp³-hybridized carbons (Fsp3) is 0.500. The van der Waals surface area contributed by atoms with Gasteiger partial charge in [0, 0.05) is 26.3 Å². The topological polar surface area (TPSA) is 160 Å². The van der Waals surface area contributed by atoms with Crippen molar-refractivity contribution in [2.45, 2.75) is 32.2 Å². The number of carbonyl (C=O) groups is 3. The normalized spacial score (nSPS) is 11.1. The van der Waals surface area contributed by atoms with Crippen LogP contribution in [0, 0.1) is 0 Å². The summed E-state index contributed by atoms with van der Waals surface area (Å²) in [6, 6.07) is -1.09.